The third-order valence-electron chi connectivity index (χ3n) is 3.40. The number of rotatable bonds is 4. The summed E-state index contributed by atoms with van der Waals surface area (Å²) in [5, 5.41) is 3.62. The highest BCUT2D eigenvalue weighted by molar-refractivity contribution is 5.91. The molecule has 1 aromatic rings. The Hall–Kier alpha value is -1.40. The third-order valence-corrected chi connectivity index (χ3v) is 3.40. The van der Waals surface area contributed by atoms with E-state index in [2.05, 4.69) is 12.1 Å². The van der Waals surface area contributed by atoms with Gasteiger partial charge in [-0.2, -0.15) is 0 Å². The SMILES string of the molecule is CC1CCCCC1OCc1cc(C(=O)NN)no1. The van der Waals surface area contributed by atoms with Gasteiger partial charge in [0.05, 0.1) is 6.10 Å². The number of carbonyl (C=O) groups is 1. The molecule has 6 nitrogen and oxygen atoms in total. The largest absolute Gasteiger partial charge is 0.370 e. The smallest absolute Gasteiger partial charge is 0.287 e. The van der Waals surface area contributed by atoms with E-state index in [-0.39, 0.29) is 11.8 Å². The number of amides is 1. The highest BCUT2D eigenvalue weighted by Crippen LogP contribution is 2.27. The van der Waals surface area contributed by atoms with Gasteiger partial charge in [-0.3, -0.25) is 10.2 Å². The van der Waals surface area contributed by atoms with Crippen LogP contribution in [0.3, 0.4) is 0 Å². The summed E-state index contributed by atoms with van der Waals surface area (Å²) in [4.78, 5) is 11.2. The van der Waals surface area contributed by atoms with E-state index >= 15 is 0 Å². The molecule has 1 amide bonds. The number of hydrazine groups is 1. The van der Waals surface area contributed by atoms with Gasteiger partial charge in [-0.15, -0.1) is 0 Å². The molecule has 18 heavy (non-hydrogen) atoms. The summed E-state index contributed by atoms with van der Waals surface area (Å²) in [6.07, 6.45) is 5.07. The van der Waals surface area contributed by atoms with E-state index in [0.29, 0.717) is 18.3 Å². The van der Waals surface area contributed by atoms with E-state index in [9.17, 15) is 4.79 Å². The molecule has 1 aliphatic carbocycles. The van der Waals surface area contributed by atoms with Gasteiger partial charge < -0.3 is 9.26 Å². The van der Waals surface area contributed by atoms with Crippen molar-refractivity contribution in [2.75, 3.05) is 0 Å². The second kappa shape index (κ2) is 5.97. The molecule has 0 saturated heterocycles. The van der Waals surface area contributed by atoms with Gasteiger partial charge in [-0.05, 0) is 18.8 Å². The second-order valence-corrected chi connectivity index (χ2v) is 4.76. The number of nitrogens with zero attached hydrogens (tertiary/aromatic N) is 1. The fourth-order valence-electron chi connectivity index (χ4n) is 2.28. The molecular weight excluding hydrogens is 234 g/mol. The summed E-state index contributed by atoms with van der Waals surface area (Å²) >= 11 is 0. The van der Waals surface area contributed by atoms with Gasteiger partial charge in [0.25, 0.3) is 5.91 Å². The van der Waals surface area contributed by atoms with E-state index in [1.165, 1.54) is 19.3 Å². The van der Waals surface area contributed by atoms with Crippen molar-refractivity contribution in [2.45, 2.75) is 45.3 Å². The first-order valence-corrected chi connectivity index (χ1v) is 6.29. The lowest BCUT2D eigenvalue weighted by molar-refractivity contribution is -0.0235. The Kier molecular flexibility index (Phi) is 4.33. The number of aromatic nitrogens is 1. The minimum absolute atomic E-state index is 0.174. The zero-order valence-corrected chi connectivity index (χ0v) is 10.5. The molecule has 100 valence electrons. The maximum atomic E-state index is 11.2. The van der Waals surface area contributed by atoms with E-state index in [1.54, 1.807) is 6.07 Å². The molecular formula is C12H19N3O3. The third kappa shape index (κ3) is 3.08. The summed E-state index contributed by atoms with van der Waals surface area (Å²) in [6.45, 7) is 2.55. The van der Waals surface area contributed by atoms with Crippen LogP contribution in [-0.2, 0) is 11.3 Å². The Labute approximate surface area is 106 Å². The standard InChI is InChI=1S/C12H19N3O3/c1-8-4-2-3-5-11(8)17-7-9-6-10(15-18-9)12(16)14-13/h6,8,11H,2-5,7,13H2,1H3,(H,14,16). The van der Waals surface area contributed by atoms with Crippen LogP contribution < -0.4 is 11.3 Å². The lowest BCUT2D eigenvalue weighted by Crippen LogP contribution is -2.30. The summed E-state index contributed by atoms with van der Waals surface area (Å²) in [5.74, 6) is 5.67. The van der Waals surface area contributed by atoms with Crippen molar-refractivity contribution in [1.29, 1.82) is 0 Å². The Morgan fingerprint density at radius 2 is 2.39 bits per heavy atom. The highest BCUT2D eigenvalue weighted by atomic mass is 16.5. The van der Waals surface area contributed by atoms with E-state index in [4.69, 9.17) is 15.1 Å². The van der Waals surface area contributed by atoms with Crippen LogP contribution in [0, 0.1) is 5.92 Å². The molecule has 2 rings (SSSR count). The first-order valence-electron chi connectivity index (χ1n) is 6.29. The first kappa shape index (κ1) is 13.0. The molecule has 0 bridgehead atoms. The predicted octanol–water partition coefficient (Wildman–Crippen LogP) is 1.37. The summed E-state index contributed by atoms with van der Waals surface area (Å²) in [5.41, 5.74) is 2.18. The van der Waals surface area contributed by atoms with E-state index < -0.39 is 5.91 Å². The second-order valence-electron chi connectivity index (χ2n) is 4.76. The molecule has 0 aliphatic heterocycles. The summed E-state index contributed by atoms with van der Waals surface area (Å²) < 4.78 is 10.8. The molecule has 1 fully saturated rings. The lowest BCUT2D eigenvalue weighted by Gasteiger charge is -2.28. The van der Waals surface area contributed by atoms with Crippen molar-refractivity contribution in [3.63, 3.8) is 0 Å². The van der Waals surface area contributed by atoms with Crippen molar-refractivity contribution in [3.05, 3.63) is 17.5 Å². The zero-order chi connectivity index (χ0) is 13.0. The molecule has 2 unspecified atom stereocenters. The van der Waals surface area contributed by atoms with Crippen LogP contribution in [0.4, 0.5) is 0 Å². The molecule has 1 heterocycles. The quantitative estimate of drug-likeness (QED) is 0.480. The first-order chi connectivity index (χ1) is 8.70. The van der Waals surface area contributed by atoms with Gasteiger partial charge in [0.2, 0.25) is 0 Å². The van der Waals surface area contributed by atoms with Crippen molar-refractivity contribution in [2.24, 2.45) is 11.8 Å². The zero-order valence-electron chi connectivity index (χ0n) is 10.5. The van der Waals surface area contributed by atoms with Crippen LogP contribution in [0.1, 0.15) is 48.9 Å². The monoisotopic (exact) mass is 253 g/mol. The van der Waals surface area contributed by atoms with Crippen molar-refractivity contribution in [3.8, 4) is 0 Å². The van der Waals surface area contributed by atoms with Gasteiger partial charge in [0, 0.05) is 6.07 Å². The maximum Gasteiger partial charge on any atom is 0.287 e. The molecule has 0 aromatic carbocycles. The molecule has 3 N–H and O–H groups in total. The average molecular weight is 253 g/mol. The Morgan fingerprint density at radius 1 is 1.61 bits per heavy atom. The van der Waals surface area contributed by atoms with Crippen LogP contribution >= 0.6 is 0 Å². The molecule has 1 saturated carbocycles. The Morgan fingerprint density at radius 3 is 3.11 bits per heavy atom. The fourth-order valence-corrected chi connectivity index (χ4v) is 2.28. The molecule has 1 aromatic heterocycles. The number of nitrogens with two attached hydrogens (primary N) is 1. The minimum Gasteiger partial charge on any atom is -0.370 e. The van der Waals surface area contributed by atoms with Crippen LogP contribution in [0.2, 0.25) is 0 Å². The van der Waals surface area contributed by atoms with Crippen LogP contribution in [0.15, 0.2) is 10.6 Å². The molecule has 1 aliphatic rings. The van der Waals surface area contributed by atoms with Crippen LogP contribution in [-0.4, -0.2) is 17.2 Å². The summed E-state index contributed by atoms with van der Waals surface area (Å²) in [6, 6.07) is 1.55. The maximum absolute atomic E-state index is 11.2. The van der Waals surface area contributed by atoms with Crippen LogP contribution in [0.5, 0.6) is 0 Å². The number of nitrogens with one attached hydrogen (secondary N) is 1. The fraction of sp³-hybridized carbons (Fsp3) is 0.667. The normalized spacial score (nSPS) is 23.9. The van der Waals surface area contributed by atoms with Gasteiger partial charge in [0.15, 0.2) is 11.5 Å². The van der Waals surface area contributed by atoms with Crippen LogP contribution in [0.25, 0.3) is 0 Å². The molecule has 6 heteroatoms. The average Bonchev–Trinajstić information content (AvgIpc) is 2.86. The van der Waals surface area contributed by atoms with E-state index in [0.717, 1.165) is 6.42 Å². The van der Waals surface area contributed by atoms with Crippen molar-refractivity contribution >= 4 is 5.91 Å². The van der Waals surface area contributed by atoms with Gasteiger partial charge >= 0.3 is 0 Å². The topological polar surface area (TPSA) is 90.4 Å². The predicted molar refractivity (Wildman–Crippen MR) is 64.4 cm³/mol. The minimum atomic E-state index is -0.462. The molecule has 0 radical (unpaired) electrons. The highest BCUT2D eigenvalue weighted by Gasteiger charge is 2.22. The number of carbonyl (C=O) groups excluding carboxylic acids is 1. The Balaban J connectivity index is 1.86. The van der Waals surface area contributed by atoms with Gasteiger partial charge in [-0.25, -0.2) is 5.84 Å². The lowest BCUT2D eigenvalue weighted by atomic mass is 9.88. The van der Waals surface area contributed by atoms with Crippen molar-refractivity contribution < 1.29 is 14.1 Å². The number of hydrogen-bond acceptors (Lipinski definition) is 5. The van der Waals surface area contributed by atoms with Gasteiger partial charge in [-0.1, -0.05) is 24.9 Å². The molecule has 2 atom stereocenters. The number of nitrogen functional groups attached to an aromatic ring is 1. The summed E-state index contributed by atoms with van der Waals surface area (Å²) in [7, 11) is 0. The Bertz CT molecular complexity index is 405. The van der Waals surface area contributed by atoms with Crippen molar-refractivity contribution in [1.82, 2.24) is 10.6 Å². The number of ether oxygens (including phenoxy) is 1. The van der Waals surface area contributed by atoms with Gasteiger partial charge in [0.1, 0.15) is 6.61 Å². The van der Waals surface area contributed by atoms with E-state index in [1.807, 2.05) is 5.43 Å². The number of hydrogen-bond donors (Lipinski definition) is 2. The molecule has 0 spiro atoms.